The number of nitrogens with zero attached hydrogens (tertiary/aromatic N) is 2. The molecule has 1 aromatic carbocycles. The molecule has 0 aliphatic carbocycles. The molecule has 0 spiro atoms. The molecule has 1 aliphatic rings. The van der Waals surface area contributed by atoms with E-state index in [2.05, 4.69) is 5.10 Å². The van der Waals surface area contributed by atoms with E-state index in [0.717, 1.165) is 0 Å². The molecular weight excluding hydrogens is 371 g/mol. The van der Waals surface area contributed by atoms with Crippen molar-refractivity contribution >= 4 is 46.9 Å². The van der Waals surface area contributed by atoms with Crippen molar-refractivity contribution in [1.82, 2.24) is 0 Å². The lowest BCUT2D eigenvalue weighted by Gasteiger charge is -2.35. The molecule has 0 radical (unpaired) electrons. The third kappa shape index (κ3) is 3.52. The minimum Gasteiger partial charge on any atom is -0.464 e. The molecule has 1 aliphatic heterocycles. The van der Waals surface area contributed by atoms with Crippen molar-refractivity contribution in [3.05, 3.63) is 28.2 Å². The normalized spacial score (nSPS) is 22.5. The Balaban J connectivity index is 2.59. The molecule has 2 rings (SSSR count). The maximum absolute atomic E-state index is 12.7. The fraction of sp³-hybridized carbons (Fsp3) is 0.438. The Kier molecular flexibility index (Phi) is 5.80. The van der Waals surface area contributed by atoms with Gasteiger partial charge in [0, 0.05) is 5.02 Å². The molecular formula is C16H18Cl2N2O5. The Morgan fingerprint density at radius 2 is 2.04 bits per heavy atom. The van der Waals surface area contributed by atoms with Crippen LogP contribution in [0.2, 0.25) is 10.0 Å². The Labute approximate surface area is 155 Å². The summed E-state index contributed by atoms with van der Waals surface area (Å²) in [5.41, 5.74) is -0.920. The molecule has 0 aromatic heterocycles. The highest BCUT2D eigenvalue weighted by molar-refractivity contribution is 6.36. The SMILES string of the molecule is CCOC(=O)C1(C)C(CC)C(OC(=O)O)=NN1c1ccc(Cl)cc1Cl. The molecule has 2 atom stereocenters. The monoisotopic (exact) mass is 388 g/mol. The van der Waals surface area contributed by atoms with Crippen molar-refractivity contribution in [2.75, 3.05) is 11.6 Å². The topological polar surface area (TPSA) is 88.4 Å². The summed E-state index contributed by atoms with van der Waals surface area (Å²) in [6.45, 7) is 5.27. The molecule has 1 aromatic rings. The number of hydrogen-bond donors (Lipinski definition) is 1. The Hall–Kier alpha value is -1.99. The molecule has 0 fully saturated rings. The van der Waals surface area contributed by atoms with E-state index in [1.54, 1.807) is 32.9 Å². The van der Waals surface area contributed by atoms with Gasteiger partial charge in [0.2, 0.25) is 5.90 Å². The number of rotatable bonds is 4. The van der Waals surface area contributed by atoms with Crippen LogP contribution in [0.1, 0.15) is 27.2 Å². The van der Waals surface area contributed by atoms with Crippen LogP contribution in [0.15, 0.2) is 23.3 Å². The minimum absolute atomic E-state index is 0.0865. The van der Waals surface area contributed by atoms with E-state index in [1.807, 2.05) is 0 Å². The maximum Gasteiger partial charge on any atom is 0.512 e. The zero-order chi connectivity index (χ0) is 18.8. The van der Waals surface area contributed by atoms with Crippen molar-refractivity contribution < 1.29 is 24.2 Å². The van der Waals surface area contributed by atoms with Crippen LogP contribution < -0.4 is 5.01 Å². The largest absolute Gasteiger partial charge is 0.512 e. The molecule has 2 unspecified atom stereocenters. The summed E-state index contributed by atoms with van der Waals surface area (Å²) < 4.78 is 10.0. The van der Waals surface area contributed by atoms with Gasteiger partial charge in [0.15, 0.2) is 5.54 Å². The van der Waals surface area contributed by atoms with Crippen LogP contribution in [-0.4, -0.2) is 35.3 Å². The van der Waals surface area contributed by atoms with Crippen LogP contribution in [0.25, 0.3) is 0 Å². The Bertz CT molecular complexity index is 724. The first-order chi connectivity index (χ1) is 11.7. The summed E-state index contributed by atoms with van der Waals surface area (Å²) >= 11 is 12.2. The number of carboxylic acid groups (broad SMARTS) is 1. The zero-order valence-electron chi connectivity index (χ0n) is 14.0. The van der Waals surface area contributed by atoms with Crippen LogP contribution >= 0.6 is 23.2 Å². The first kappa shape index (κ1) is 19.3. The van der Waals surface area contributed by atoms with E-state index < -0.39 is 23.6 Å². The molecule has 0 saturated carbocycles. The van der Waals surface area contributed by atoms with Gasteiger partial charge in [-0.3, -0.25) is 0 Å². The average molecular weight is 389 g/mol. The number of carbonyl (C=O) groups is 2. The minimum atomic E-state index is -1.51. The number of carbonyl (C=O) groups excluding carboxylic acids is 1. The molecule has 136 valence electrons. The van der Waals surface area contributed by atoms with Gasteiger partial charge in [-0.15, -0.1) is 5.10 Å². The molecule has 0 bridgehead atoms. The van der Waals surface area contributed by atoms with Gasteiger partial charge in [-0.25, -0.2) is 14.6 Å². The van der Waals surface area contributed by atoms with Gasteiger partial charge in [0.05, 0.1) is 23.2 Å². The van der Waals surface area contributed by atoms with Gasteiger partial charge in [-0.05, 0) is 38.5 Å². The quantitative estimate of drug-likeness (QED) is 0.778. The highest BCUT2D eigenvalue weighted by atomic mass is 35.5. The van der Waals surface area contributed by atoms with Crippen molar-refractivity contribution in [3.63, 3.8) is 0 Å². The smallest absolute Gasteiger partial charge is 0.464 e. The van der Waals surface area contributed by atoms with Crippen LogP contribution in [-0.2, 0) is 14.3 Å². The van der Waals surface area contributed by atoms with E-state index in [1.165, 1.54) is 11.1 Å². The maximum atomic E-state index is 12.7. The summed E-state index contributed by atoms with van der Waals surface area (Å²) in [4.78, 5) is 23.7. The van der Waals surface area contributed by atoms with Gasteiger partial charge in [-0.2, -0.15) is 0 Å². The molecule has 1 heterocycles. The Morgan fingerprint density at radius 3 is 2.56 bits per heavy atom. The molecule has 7 nitrogen and oxygen atoms in total. The van der Waals surface area contributed by atoms with Crippen LogP contribution in [0, 0.1) is 5.92 Å². The second-order valence-corrected chi connectivity index (χ2v) is 6.39. The first-order valence-electron chi connectivity index (χ1n) is 7.67. The summed E-state index contributed by atoms with van der Waals surface area (Å²) in [6, 6.07) is 4.71. The molecule has 0 saturated heterocycles. The lowest BCUT2D eigenvalue weighted by molar-refractivity contribution is -0.150. The number of anilines is 1. The van der Waals surface area contributed by atoms with E-state index >= 15 is 0 Å². The molecule has 0 amide bonds. The lowest BCUT2D eigenvalue weighted by atomic mass is 9.83. The predicted molar refractivity (Wildman–Crippen MR) is 94.3 cm³/mol. The average Bonchev–Trinajstić information content (AvgIpc) is 2.80. The van der Waals surface area contributed by atoms with Gasteiger partial charge >= 0.3 is 12.1 Å². The second-order valence-electron chi connectivity index (χ2n) is 5.54. The fourth-order valence-corrected chi connectivity index (χ4v) is 3.36. The second kappa shape index (κ2) is 7.49. The number of ether oxygens (including phenoxy) is 2. The predicted octanol–water partition coefficient (Wildman–Crippen LogP) is 4.17. The third-order valence-electron chi connectivity index (χ3n) is 4.04. The third-order valence-corrected chi connectivity index (χ3v) is 4.58. The number of hydrazone groups is 1. The Morgan fingerprint density at radius 1 is 1.36 bits per heavy atom. The number of hydrogen-bond acceptors (Lipinski definition) is 6. The van der Waals surface area contributed by atoms with Gasteiger partial charge in [0.25, 0.3) is 0 Å². The van der Waals surface area contributed by atoms with Gasteiger partial charge in [-0.1, -0.05) is 30.1 Å². The van der Waals surface area contributed by atoms with E-state index in [4.69, 9.17) is 37.8 Å². The highest BCUT2D eigenvalue weighted by Gasteiger charge is 2.56. The van der Waals surface area contributed by atoms with Crippen LogP contribution in [0.4, 0.5) is 10.5 Å². The molecule has 25 heavy (non-hydrogen) atoms. The van der Waals surface area contributed by atoms with Crippen LogP contribution in [0.3, 0.4) is 0 Å². The highest BCUT2D eigenvalue weighted by Crippen LogP contribution is 2.43. The van der Waals surface area contributed by atoms with Gasteiger partial charge in [0.1, 0.15) is 0 Å². The summed E-state index contributed by atoms with van der Waals surface area (Å²) in [5.74, 6) is -1.27. The molecule has 9 heteroatoms. The van der Waals surface area contributed by atoms with E-state index in [-0.39, 0.29) is 17.5 Å². The summed E-state index contributed by atoms with van der Waals surface area (Å²) in [7, 11) is 0. The number of halogens is 2. The standard InChI is InChI=1S/C16H18Cl2N2O5/c1-4-10-13(25-15(22)23)19-20(16(10,3)14(21)24-5-2)12-7-6-9(17)8-11(12)18/h6-8,10H,4-5H2,1-3H3,(H,22,23). The fourth-order valence-electron chi connectivity index (χ4n) is 2.88. The number of benzene rings is 1. The summed E-state index contributed by atoms with van der Waals surface area (Å²) in [6.07, 6.45) is -1.10. The van der Waals surface area contributed by atoms with Crippen molar-refractivity contribution in [2.24, 2.45) is 11.0 Å². The van der Waals surface area contributed by atoms with E-state index in [0.29, 0.717) is 17.1 Å². The van der Waals surface area contributed by atoms with E-state index in [9.17, 15) is 9.59 Å². The molecule has 1 N–H and O–H groups in total. The van der Waals surface area contributed by atoms with Crippen molar-refractivity contribution in [3.8, 4) is 0 Å². The van der Waals surface area contributed by atoms with Crippen molar-refractivity contribution in [2.45, 2.75) is 32.7 Å². The first-order valence-corrected chi connectivity index (χ1v) is 8.43. The van der Waals surface area contributed by atoms with Crippen LogP contribution in [0.5, 0.6) is 0 Å². The van der Waals surface area contributed by atoms with Crippen molar-refractivity contribution in [1.29, 1.82) is 0 Å². The summed E-state index contributed by atoms with van der Waals surface area (Å²) in [5, 5.41) is 15.2. The zero-order valence-corrected chi connectivity index (χ0v) is 15.5. The number of esters is 1. The van der Waals surface area contributed by atoms with Gasteiger partial charge < -0.3 is 14.6 Å². The lowest BCUT2D eigenvalue weighted by Crippen LogP contribution is -2.54.